The van der Waals surface area contributed by atoms with E-state index in [-0.39, 0.29) is 17.8 Å². The van der Waals surface area contributed by atoms with Crippen molar-refractivity contribution in [3.63, 3.8) is 0 Å². The van der Waals surface area contributed by atoms with E-state index in [0.29, 0.717) is 18.3 Å². The summed E-state index contributed by atoms with van der Waals surface area (Å²) in [5.41, 5.74) is 1.40. The Labute approximate surface area is 158 Å². The zero-order chi connectivity index (χ0) is 19.2. The molecule has 1 fully saturated rings. The van der Waals surface area contributed by atoms with E-state index in [1.165, 1.54) is 6.07 Å². The predicted octanol–water partition coefficient (Wildman–Crippen LogP) is 7.57. The maximum absolute atomic E-state index is 14.6. The third-order valence-electron chi connectivity index (χ3n) is 5.73. The largest absolute Gasteiger partial charge is 0.251 e. The second-order valence-electron chi connectivity index (χ2n) is 7.65. The Balaban J connectivity index is 1.61. The molecular weight excluding hydrogens is 352 g/mol. The molecule has 0 N–H and O–H groups in total. The number of benzene rings is 2. The maximum atomic E-state index is 14.6. The molecule has 0 radical (unpaired) electrons. The molecule has 146 valence electrons. The second-order valence-corrected chi connectivity index (χ2v) is 7.65. The number of hydrogen-bond donors (Lipinski definition) is 0. The van der Waals surface area contributed by atoms with Crippen LogP contribution in [-0.4, -0.2) is 6.67 Å². The highest BCUT2D eigenvalue weighted by Gasteiger charge is 2.23. The number of hydrogen-bond acceptors (Lipinski definition) is 0. The monoisotopic (exact) mass is 378 g/mol. The van der Waals surface area contributed by atoms with Gasteiger partial charge in [-0.05, 0) is 73.3 Å². The van der Waals surface area contributed by atoms with Gasteiger partial charge in [-0.25, -0.2) is 13.2 Å². The Hall–Kier alpha value is -1.84. The highest BCUT2D eigenvalue weighted by atomic mass is 19.1. The number of alkyl halides is 1. The van der Waals surface area contributed by atoms with Gasteiger partial charge in [0.1, 0.15) is 17.5 Å². The first-order valence-electron chi connectivity index (χ1n) is 9.88. The van der Waals surface area contributed by atoms with Crippen molar-refractivity contribution in [2.45, 2.75) is 57.3 Å². The highest BCUT2D eigenvalue weighted by Crippen LogP contribution is 2.39. The van der Waals surface area contributed by atoms with Crippen LogP contribution in [0.25, 0.3) is 11.1 Å². The van der Waals surface area contributed by atoms with E-state index in [1.807, 2.05) is 6.07 Å². The van der Waals surface area contributed by atoms with Crippen LogP contribution in [0.15, 0.2) is 36.4 Å². The first-order valence-corrected chi connectivity index (χ1v) is 9.88. The van der Waals surface area contributed by atoms with Crippen LogP contribution in [0.5, 0.6) is 0 Å². The molecule has 0 heterocycles. The molecule has 0 atom stereocenters. The molecule has 1 aliphatic rings. The average Bonchev–Trinajstić information content (AvgIpc) is 2.65. The molecule has 3 rings (SSSR count). The van der Waals surface area contributed by atoms with E-state index in [1.54, 1.807) is 6.07 Å². The molecule has 0 bridgehead atoms. The van der Waals surface area contributed by atoms with E-state index in [4.69, 9.17) is 0 Å². The van der Waals surface area contributed by atoms with Gasteiger partial charge in [0.15, 0.2) is 0 Å². The van der Waals surface area contributed by atoms with Crippen molar-refractivity contribution in [2.75, 3.05) is 6.67 Å². The van der Waals surface area contributed by atoms with Crippen molar-refractivity contribution in [3.8, 4) is 11.1 Å². The quantitative estimate of drug-likeness (QED) is 0.344. The number of halogens is 4. The highest BCUT2D eigenvalue weighted by molar-refractivity contribution is 5.64. The fourth-order valence-corrected chi connectivity index (χ4v) is 4.22. The van der Waals surface area contributed by atoms with Gasteiger partial charge in [0.2, 0.25) is 0 Å². The van der Waals surface area contributed by atoms with Gasteiger partial charge in [-0.1, -0.05) is 31.4 Å². The van der Waals surface area contributed by atoms with Crippen molar-refractivity contribution < 1.29 is 17.6 Å². The van der Waals surface area contributed by atoms with Gasteiger partial charge in [0, 0.05) is 11.6 Å². The van der Waals surface area contributed by atoms with Gasteiger partial charge in [0.05, 0.1) is 6.67 Å². The van der Waals surface area contributed by atoms with E-state index in [9.17, 15) is 17.6 Å². The molecule has 2 aromatic rings. The standard InChI is InChI=1S/C23H26F4/c24-11-3-1-2-4-16-5-7-17(8-6-16)18-9-10-22(23(27)14-18)19-12-20(25)15-21(26)13-19/h9-10,12-17H,1-8,11H2. The predicted molar refractivity (Wildman–Crippen MR) is 101 cm³/mol. The Kier molecular flexibility index (Phi) is 6.92. The SMILES string of the molecule is FCCCCCC1CCC(c2ccc(-c3cc(F)cc(F)c3)c(F)c2)CC1. The minimum absolute atomic E-state index is 0.216. The lowest BCUT2D eigenvalue weighted by atomic mass is 9.77. The molecule has 0 saturated heterocycles. The summed E-state index contributed by atoms with van der Waals surface area (Å²) in [4.78, 5) is 0. The van der Waals surface area contributed by atoms with Crippen molar-refractivity contribution in [1.29, 1.82) is 0 Å². The zero-order valence-electron chi connectivity index (χ0n) is 15.5. The fraction of sp³-hybridized carbons (Fsp3) is 0.478. The molecule has 0 amide bonds. The van der Waals surface area contributed by atoms with E-state index >= 15 is 0 Å². The van der Waals surface area contributed by atoms with Gasteiger partial charge in [-0.15, -0.1) is 0 Å². The van der Waals surface area contributed by atoms with Crippen molar-refractivity contribution in [3.05, 3.63) is 59.4 Å². The minimum atomic E-state index is -0.710. The van der Waals surface area contributed by atoms with Crippen LogP contribution in [0.1, 0.15) is 62.8 Å². The van der Waals surface area contributed by atoms with E-state index in [0.717, 1.165) is 68.7 Å². The first kappa shape index (κ1) is 19.9. The third-order valence-corrected chi connectivity index (χ3v) is 5.73. The lowest BCUT2D eigenvalue weighted by Gasteiger charge is -2.29. The summed E-state index contributed by atoms with van der Waals surface area (Å²) in [6, 6.07) is 8.11. The molecule has 4 heteroatoms. The van der Waals surface area contributed by atoms with Crippen LogP contribution in [0.2, 0.25) is 0 Å². The third kappa shape index (κ3) is 5.33. The zero-order valence-corrected chi connectivity index (χ0v) is 15.5. The molecule has 1 aliphatic carbocycles. The summed E-state index contributed by atoms with van der Waals surface area (Å²) in [5, 5.41) is 0. The van der Waals surface area contributed by atoms with E-state index < -0.39 is 17.5 Å². The van der Waals surface area contributed by atoms with Crippen LogP contribution in [0.4, 0.5) is 17.6 Å². The van der Waals surface area contributed by atoms with Crippen LogP contribution in [0.3, 0.4) is 0 Å². The molecule has 0 aromatic heterocycles. The molecular formula is C23H26F4. The lowest BCUT2D eigenvalue weighted by Crippen LogP contribution is -2.13. The topological polar surface area (TPSA) is 0 Å². The summed E-state index contributed by atoms with van der Waals surface area (Å²) in [6.07, 6.45) is 8.18. The maximum Gasteiger partial charge on any atom is 0.131 e. The van der Waals surface area contributed by atoms with Crippen LogP contribution in [0, 0.1) is 23.4 Å². The molecule has 0 nitrogen and oxygen atoms in total. The van der Waals surface area contributed by atoms with Crippen LogP contribution < -0.4 is 0 Å². The number of rotatable bonds is 7. The molecule has 0 unspecified atom stereocenters. The molecule has 0 spiro atoms. The first-order chi connectivity index (χ1) is 13.1. The summed E-state index contributed by atoms with van der Waals surface area (Å²) in [5.74, 6) is -0.831. The van der Waals surface area contributed by atoms with E-state index in [2.05, 4.69) is 0 Å². The Morgan fingerprint density at radius 3 is 2.11 bits per heavy atom. The van der Waals surface area contributed by atoms with Gasteiger partial charge in [-0.3, -0.25) is 4.39 Å². The lowest BCUT2D eigenvalue weighted by molar-refractivity contribution is 0.300. The van der Waals surface area contributed by atoms with Gasteiger partial charge in [0.25, 0.3) is 0 Å². The summed E-state index contributed by atoms with van der Waals surface area (Å²) in [7, 11) is 0. The minimum Gasteiger partial charge on any atom is -0.251 e. The van der Waals surface area contributed by atoms with Crippen molar-refractivity contribution in [1.82, 2.24) is 0 Å². The Bertz CT molecular complexity index is 728. The summed E-state index contributed by atoms with van der Waals surface area (Å²) >= 11 is 0. The number of unbranched alkanes of at least 4 members (excludes halogenated alkanes) is 2. The normalized spacial score (nSPS) is 20.0. The van der Waals surface area contributed by atoms with Gasteiger partial charge < -0.3 is 0 Å². The molecule has 0 aliphatic heterocycles. The molecule has 2 aromatic carbocycles. The fourth-order valence-electron chi connectivity index (χ4n) is 4.22. The van der Waals surface area contributed by atoms with Crippen LogP contribution in [-0.2, 0) is 0 Å². The molecule has 1 saturated carbocycles. The van der Waals surface area contributed by atoms with Crippen molar-refractivity contribution >= 4 is 0 Å². The summed E-state index contributed by atoms with van der Waals surface area (Å²) in [6.45, 7) is -0.226. The Morgan fingerprint density at radius 2 is 1.48 bits per heavy atom. The smallest absolute Gasteiger partial charge is 0.131 e. The van der Waals surface area contributed by atoms with Gasteiger partial charge in [-0.2, -0.15) is 0 Å². The van der Waals surface area contributed by atoms with Crippen molar-refractivity contribution in [2.24, 2.45) is 5.92 Å². The van der Waals surface area contributed by atoms with Crippen LogP contribution >= 0.6 is 0 Å². The summed E-state index contributed by atoms with van der Waals surface area (Å²) < 4.78 is 53.5. The van der Waals surface area contributed by atoms with Gasteiger partial charge >= 0.3 is 0 Å². The average molecular weight is 378 g/mol. The Morgan fingerprint density at radius 1 is 0.778 bits per heavy atom. The second kappa shape index (κ2) is 9.38. The molecule has 27 heavy (non-hydrogen) atoms.